The zero-order valence-corrected chi connectivity index (χ0v) is 15.3. The molecule has 2 aromatic rings. The number of amides is 1. The molecule has 2 aromatic heterocycles. The van der Waals surface area contributed by atoms with E-state index >= 15 is 0 Å². The number of aryl methyl sites for hydroxylation is 2. The molecule has 0 saturated carbocycles. The number of rotatable bonds is 3. The fourth-order valence-electron chi connectivity index (χ4n) is 2.91. The lowest BCUT2D eigenvalue weighted by atomic mass is 10.2. The third kappa shape index (κ3) is 4.14. The molecule has 1 amide bonds. The number of hydrogen-bond donors (Lipinski definition) is 0. The summed E-state index contributed by atoms with van der Waals surface area (Å²) in [6, 6.07) is 0. The van der Waals surface area contributed by atoms with E-state index in [0.717, 1.165) is 11.3 Å². The topological polar surface area (TPSA) is 67.2 Å². The van der Waals surface area contributed by atoms with Crippen LogP contribution in [0.1, 0.15) is 22.7 Å². The largest absolute Gasteiger partial charge is 0.445 e. The van der Waals surface area contributed by atoms with E-state index < -0.39 is 11.2 Å². The first-order valence-corrected chi connectivity index (χ1v) is 8.98. The van der Waals surface area contributed by atoms with Crippen LogP contribution in [0.5, 0.6) is 0 Å². The lowest BCUT2D eigenvalue weighted by Gasteiger charge is -2.21. The van der Waals surface area contributed by atoms with Crippen LogP contribution < -0.4 is 4.90 Å². The Morgan fingerprint density at radius 3 is 2.62 bits per heavy atom. The van der Waals surface area contributed by atoms with Gasteiger partial charge in [-0.2, -0.15) is 18.3 Å². The summed E-state index contributed by atoms with van der Waals surface area (Å²) in [5, 5.41) is 10.4. The molecule has 0 bridgehead atoms. The second-order valence-electron chi connectivity index (χ2n) is 6.20. The van der Waals surface area contributed by atoms with E-state index in [1.807, 2.05) is 20.2 Å². The van der Waals surface area contributed by atoms with Crippen molar-refractivity contribution in [3.05, 3.63) is 22.5 Å². The zero-order chi connectivity index (χ0) is 18.9. The second kappa shape index (κ2) is 7.22. The average molecular weight is 388 g/mol. The van der Waals surface area contributed by atoms with Crippen molar-refractivity contribution in [2.45, 2.75) is 25.9 Å². The van der Waals surface area contributed by atoms with Gasteiger partial charge in [-0.25, -0.2) is 0 Å². The smallest absolute Gasteiger partial charge is 0.345 e. The van der Waals surface area contributed by atoms with Crippen LogP contribution in [0, 0.1) is 6.92 Å². The summed E-state index contributed by atoms with van der Waals surface area (Å²) in [7, 11) is 1.81. The predicted molar refractivity (Wildman–Crippen MR) is 90.0 cm³/mol. The Morgan fingerprint density at radius 1 is 1.23 bits per heavy atom. The van der Waals surface area contributed by atoms with Gasteiger partial charge in [0.05, 0.1) is 12.1 Å². The lowest BCUT2D eigenvalue weighted by Crippen LogP contribution is -2.36. The summed E-state index contributed by atoms with van der Waals surface area (Å²) in [4.78, 5) is 16.1. The van der Waals surface area contributed by atoms with E-state index in [2.05, 4.69) is 15.3 Å². The van der Waals surface area contributed by atoms with Crippen LogP contribution >= 0.6 is 11.3 Å². The quantitative estimate of drug-likeness (QED) is 0.803. The number of alkyl halides is 3. The Balaban J connectivity index is 1.62. The summed E-state index contributed by atoms with van der Waals surface area (Å²) in [5.41, 5.74) is 1.71. The third-order valence-corrected chi connectivity index (χ3v) is 5.26. The van der Waals surface area contributed by atoms with Crippen molar-refractivity contribution in [2.24, 2.45) is 7.05 Å². The Kier molecular flexibility index (Phi) is 5.17. The maximum atomic E-state index is 12.7. The van der Waals surface area contributed by atoms with Gasteiger partial charge < -0.3 is 9.80 Å². The van der Waals surface area contributed by atoms with Crippen molar-refractivity contribution in [3.8, 4) is 0 Å². The van der Waals surface area contributed by atoms with E-state index in [0.29, 0.717) is 43.9 Å². The average Bonchev–Trinajstić information content (AvgIpc) is 3.07. The molecule has 7 nitrogen and oxygen atoms in total. The van der Waals surface area contributed by atoms with Crippen molar-refractivity contribution in [2.75, 3.05) is 31.1 Å². The molecule has 0 unspecified atom stereocenters. The minimum Gasteiger partial charge on any atom is -0.345 e. The normalized spacial score (nSPS) is 16.0. The minimum atomic E-state index is -4.48. The standard InChI is InChI=1S/C15H19F3N6OS/c1-10-11(9-22(2)21-10)8-12(25)23-4-3-5-24(7-6-23)14-20-19-13(26-14)15(16,17)18/h9H,3-8H2,1-2H3. The molecule has 142 valence electrons. The monoisotopic (exact) mass is 388 g/mol. The molecule has 1 aliphatic rings. The van der Waals surface area contributed by atoms with Crippen molar-refractivity contribution >= 4 is 22.4 Å². The summed E-state index contributed by atoms with van der Waals surface area (Å²) in [6.07, 6.45) is -1.71. The van der Waals surface area contributed by atoms with Crippen molar-refractivity contribution in [1.29, 1.82) is 0 Å². The van der Waals surface area contributed by atoms with Gasteiger partial charge in [0.2, 0.25) is 16.0 Å². The number of hydrogen-bond acceptors (Lipinski definition) is 6. The van der Waals surface area contributed by atoms with Gasteiger partial charge in [-0.1, -0.05) is 11.3 Å². The molecule has 0 atom stereocenters. The molecule has 0 radical (unpaired) electrons. The van der Waals surface area contributed by atoms with Gasteiger partial charge in [0, 0.05) is 45.0 Å². The van der Waals surface area contributed by atoms with Crippen molar-refractivity contribution < 1.29 is 18.0 Å². The Morgan fingerprint density at radius 2 is 2.00 bits per heavy atom. The first kappa shape index (κ1) is 18.6. The van der Waals surface area contributed by atoms with Crippen molar-refractivity contribution in [1.82, 2.24) is 24.9 Å². The fourth-order valence-corrected chi connectivity index (χ4v) is 3.68. The molecular weight excluding hydrogens is 369 g/mol. The number of aromatic nitrogens is 4. The highest BCUT2D eigenvalue weighted by Gasteiger charge is 2.36. The van der Waals surface area contributed by atoms with Crippen LogP contribution in [0.25, 0.3) is 0 Å². The molecule has 1 aliphatic heterocycles. The second-order valence-corrected chi connectivity index (χ2v) is 7.16. The van der Waals surface area contributed by atoms with Crippen LogP contribution in [0.4, 0.5) is 18.3 Å². The molecule has 0 aliphatic carbocycles. The Labute approximate surface area is 152 Å². The third-order valence-electron chi connectivity index (χ3n) is 4.23. The van der Waals surface area contributed by atoms with Gasteiger partial charge in [-0.15, -0.1) is 10.2 Å². The maximum Gasteiger partial charge on any atom is 0.445 e. The summed E-state index contributed by atoms with van der Waals surface area (Å²) in [6.45, 7) is 3.85. The van der Waals surface area contributed by atoms with Gasteiger partial charge >= 0.3 is 6.18 Å². The number of anilines is 1. The highest BCUT2D eigenvalue weighted by Crippen LogP contribution is 2.34. The van der Waals surface area contributed by atoms with E-state index in [1.165, 1.54) is 0 Å². The van der Waals surface area contributed by atoms with Crippen LogP contribution in [0.15, 0.2) is 6.20 Å². The molecule has 3 rings (SSSR count). The van der Waals surface area contributed by atoms with Gasteiger partial charge in [-0.05, 0) is 13.3 Å². The van der Waals surface area contributed by atoms with E-state index in [4.69, 9.17) is 0 Å². The molecule has 3 heterocycles. The van der Waals surface area contributed by atoms with Crippen LogP contribution in [0.3, 0.4) is 0 Å². The van der Waals surface area contributed by atoms with E-state index in [9.17, 15) is 18.0 Å². The lowest BCUT2D eigenvalue weighted by molar-refractivity contribution is -0.138. The number of carbonyl (C=O) groups excluding carboxylic acids is 1. The van der Waals surface area contributed by atoms with Gasteiger partial charge in [0.25, 0.3) is 0 Å². The Bertz CT molecular complexity index is 787. The highest BCUT2D eigenvalue weighted by molar-refractivity contribution is 7.15. The Hall–Kier alpha value is -2.17. The molecule has 11 heteroatoms. The molecule has 1 saturated heterocycles. The van der Waals surface area contributed by atoms with Crippen LogP contribution in [-0.2, 0) is 24.4 Å². The molecule has 1 fully saturated rings. The fraction of sp³-hybridized carbons (Fsp3) is 0.600. The molecular formula is C15H19F3N6OS. The number of carbonyl (C=O) groups is 1. The number of halogens is 3. The summed E-state index contributed by atoms with van der Waals surface area (Å²) < 4.78 is 39.7. The maximum absolute atomic E-state index is 12.7. The SMILES string of the molecule is Cc1nn(C)cc1CC(=O)N1CCCN(c2nnc(C(F)(F)F)s2)CC1. The van der Waals surface area contributed by atoms with Gasteiger partial charge in [-0.3, -0.25) is 9.48 Å². The van der Waals surface area contributed by atoms with Crippen LogP contribution in [0.2, 0.25) is 0 Å². The van der Waals surface area contributed by atoms with Gasteiger partial charge in [0.1, 0.15) is 0 Å². The molecule has 0 aromatic carbocycles. The summed E-state index contributed by atoms with van der Waals surface area (Å²) >= 11 is 0.537. The first-order chi connectivity index (χ1) is 12.2. The van der Waals surface area contributed by atoms with E-state index in [-0.39, 0.29) is 17.5 Å². The van der Waals surface area contributed by atoms with Crippen molar-refractivity contribution in [3.63, 3.8) is 0 Å². The zero-order valence-electron chi connectivity index (χ0n) is 14.5. The van der Waals surface area contributed by atoms with Crippen LogP contribution in [-0.4, -0.2) is 57.0 Å². The first-order valence-electron chi connectivity index (χ1n) is 8.16. The number of nitrogens with zero attached hydrogens (tertiary/aromatic N) is 6. The molecule has 0 spiro atoms. The molecule has 26 heavy (non-hydrogen) atoms. The minimum absolute atomic E-state index is 0.00352. The highest BCUT2D eigenvalue weighted by atomic mass is 32.1. The predicted octanol–water partition coefficient (Wildman–Crippen LogP) is 1.88. The summed E-state index contributed by atoms with van der Waals surface area (Å²) in [5.74, 6) is -0.00352. The van der Waals surface area contributed by atoms with Gasteiger partial charge in [0.15, 0.2) is 0 Å². The van der Waals surface area contributed by atoms with E-state index in [1.54, 1.807) is 14.5 Å². The molecule has 0 N–H and O–H groups in total.